The van der Waals surface area contributed by atoms with Gasteiger partial charge in [0.2, 0.25) is 5.91 Å². The number of carbonyl (C=O) groups excluding carboxylic acids is 1. The number of hydrogen-bond acceptors (Lipinski definition) is 2. The van der Waals surface area contributed by atoms with Crippen molar-refractivity contribution in [2.75, 3.05) is 6.54 Å². The number of nitrogens with zero attached hydrogens (tertiary/aromatic N) is 1. The molecule has 4 rings (SSSR count). The molecule has 1 fully saturated rings. The summed E-state index contributed by atoms with van der Waals surface area (Å²) >= 11 is 0. The zero-order chi connectivity index (χ0) is 15.6. The fourth-order valence-electron chi connectivity index (χ4n) is 3.23. The second-order valence-corrected chi connectivity index (χ2v) is 6.18. The van der Waals surface area contributed by atoms with Gasteiger partial charge in [-0.15, -0.1) is 0 Å². The van der Waals surface area contributed by atoms with Crippen molar-refractivity contribution < 1.29 is 9.21 Å². The van der Waals surface area contributed by atoms with Crippen molar-refractivity contribution in [3.05, 3.63) is 60.7 Å². The Kier molecular flexibility index (Phi) is 3.66. The Balaban J connectivity index is 1.24. The van der Waals surface area contributed by atoms with Gasteiger partial charge in [0.05, 0.1) is 6.26 Å². The van der Waals surface area contributed by atoms with Crippen molar-refractivity contribution in [2.24, 2.45) is 5.92 Å². The molecule has 0 saturated heterocycles. The number of nitrogens with one attached hydrogen (secondary N) is 1. The van der Waals surface area contributed by atoms with Crippen LogP contribution in [0.1, 0.15) is 24.5 Å². The van der Waals surface area contributed by atoms with E-state index in [4.69, 9.17) is 4.42 Å². The zero-order valence-electron chi connectivity index (χ0n) is 12.9. The number of para-hydroxylation sites is 1. The molecule has 0 radical (unpaired) electrons. The lowest BCUT2D eigenvalue weighted by molar-refractivity contribution is -0.122. The van der Waals surface area contributed by atoms with E-state index in [0.29, 0.717) is 6.54 Å². The van der Waals surface area contributed by atoms with E-state index in [9.17, 15) is 4.79 Å². The van der Waals surface area contributed by atoms with E-state index in [1.54, 1.807) is 6.26 Å². The Bertz CT molecular complexity index is 804. The van der Waals surface area contributed by atoms with Crippen LogP contribution < -0.4 is 5.32 Å². The number of aryl methyl sites for hydroxylation is 1. The van der Waals surface area contributed by atoms with Crippen LogP contribution in [0.25, 0.3) is 10.9 Å². The molecule has 0 bridgehead atoms. The summed E-state index contributed by atoms with van der Waals surface area (Å²) in [6.45, 7) is 1.63. The van der Waals surface area contributed by atoms with Gasteiger partial charge in [0.15, 0.2) is 0 Å². The minimum absolute atomic E-state index is 0.0913. The molecule has 0 aliphatic heterocycles. The van der Waals surface area contributed by atoms with Crippen molar-refractivity contribution in [1.82, 2.24) is 9.88 Å². The van der Waals surface area contributed by atoms with Crippen LogP contribution in [0.2, 0.25) is 0 Å². The Labute approximate surface area is 135 Å². The summed E-state index contributed by atoms with van der Waals surface area (Å²) in [7, 11) is 0. The fourth-order valence-corrected chi connectivity index (χ4v) is 3.23. The lowest BCUT2D eigenvalue weighted by Crippen LogP contribution is -2.27. The van der Waals surface area contributed by atoms with Crippen molar-refractivity contribution >= 4 is 16.8 Å². The van der Waals surface area contributed by atoms with E-state index in [1.165, 1.54) is 10.9 Å². The Morgan fingerprint density at radius 1 is 1.22 bits per heavy atom. The third-order valence-electron chi connectivity index (χ3n) is 4.59. The largest absolute Gasteiger partial charge is 0.469 e. The van der Waals surface area contributed by atoms with Gasteiger partial charge in [0.1, 0.15) is 5.76 Å². The second kappa shape index (κ2) is 5.95. The molecule has 118 valence electrons. The number of carbonyl (C=O) groups is 1. The summed E-state index contributed by atoms with van der Waals surface area (Å²) in [5.74, 6) is 1.46. The maximum atomic E-state index is 12.1. The average molecular weight is 308 g/mol. The monoisotopic (exact) mass is 308 g/mol. The van der Waals surface area contributed by atoms with Gasteiger partial charge < -0.3 is 14.3 Å². The SMILES string of the molecule is O=C(NCCCn1ccc2ccccc21)C1CC1c1ccco1. The Morgan fingerprint density at radius 2 is 2.13 bits per heavy atom. The van der Waals surface area contributed by atoms with Gasteiger partial charge in [0.25, 0.3) is 0 Å². The Hall–Kier alpha value is -2.49. The van der Waals surface area contributed by atoms with Crippen molar-refractivity contribution in [2.45, 2.75) is 25.3 Å². The van der Waals surface area contributed by atoms with E-state index >= 15 is 0 Å². The first-order chi connectivity index (χ1) is 11.3. The molecule has 1 aromatic carbocycles. The van der Waals surface area contributed by atoms with Crippen LogP contribution in [0.3, 0.4) is 0 Å². The average Bonchev–Trinajstić information content (AvgIpc) is 3.01. The molecule has 4 heteroatoms. The van der Waals surface area contributed by atoms with E-state index in [-0.39, 0.29) is 17.7 Å². The predicted octanol–water partition coefficient (Wildman–Crippen LogP) is 3.54. The number of hydrogen-bond donors (Lipinski definition) is 1. The van der Waals surface area contributed by atoms with E-state index < -0.39 is 0 Å². The number of fused-ring (bicyclic) bond motifs is 1. The van der Waals surface area contributed by atoms with Crippen molar-refractivity contribution in [3.63, 3.8) is 0 Å². The van der Waals surface area contributed by atoms with Gasteiger partial charge in [-0.2, -0.15) is 0 Å². The molecule has 2 heterocycles. The van der Waals surface area contributed by atoms with Gasteiger partial charge >= 0.3 is 0 Å². The van der Waals surface area contributed by atoms with Gasteiger partial charge in [-0.25, -0.2) is 0 Å². The third-order valence-corrected chi connectivity index (χ3v) is 4.59. The predicted molar refractivity (Wildman–Crippen MR) is 89.1 cm³/mol. The molecule has 23 heavy (non-hydrogen) atoms. The second-order valence-electron chi connectivity index (χ2n) is 6.18. The van der Waals surface area contributed by atoms with Gasteiger partial charge in [-0.05, 0) is 42.5 Å². The molecule has 4 nitrogen and oxygen atoms in total. The minimum Gasteiger partial charge on any atom is -0.469 e. The quantitative estimate of drug-likeness (QED) is 0.708. The summed E-state index contributed by atoms with van der Waals surface area (Å²) in [6.07, 6.45) is 5.62. The van der Waals surface area contributed by atoms with E-state index in [0.717, 1.165) is 25.1 Å². The summed E-state index contributed by atoms with van der Waals surface area (Å²) in [6, 6.07) is 14.3. The molecule has 2 aromatic heterocycles. The maximum absolute atomic E-state index is 12.1. The van der Waals surface area contributed by atoms with Gasteiger partial charge in [-0.1, -0.05) is 18.2 Å². The molecule has 1 amide bonds. The molecule has 1 aliphatic carbocycles. The van der Waals surface area contributed by atoms with Crippen molar-refractivity contribution in [3.8, 4) is 0 Å². The smallest absolute Gasteiger partial charge is 0.223 e. The Morgan fingerprint density at radius 3 is 3.00 bits per heavy atom. The number of amides is 1. The normalized spacial score (nSPS) is 19.8. The molecular weight excluding hydrogens is 288 g/mol. The van der Waals surface area contributed by atoms with Gasteiger partial charge in [0, 0.05) is 36.6 Å². The fraction of sp³-hybridized carbons (Fsp3) is 0.316. The highest BCUT2D eigenvalue weighted by Gasteiger charge is 2.45. The molecule has 1 N–H and O–H groups in total. The summed E-state index contributed by atoms with van der Waals surface area (Å²) < 4.78 is 7.61. The molecule has 3 aromatic rings. The maximum Gasteiger partial charge on any atom is 0.223 e. The van der Waals surface area contributed by atoms with Crippen LogP contribution in [0.5, 0.6) is 0 Å². The highest BCUT2D eigenvalue weighted by molar-refractivity contribution is 5.82. The number of rotatable bonds is 6. The highest BCUT2D eigenvalue weighted by Crippen LogP contribution is 2.47. The minimum atomic E-state index is 0.0913. The van der Waals surface area contributed by atoms with Crippen LogP contribution >= 0.6 is 0 Å². The molecule has 1 aliphatic rings. The molecular formula is C19H20N2O2. The number of benzene rings is 1. The zero-order valence-corrected chi connectivity index (χ0v) is 12.9. The molecule has 0 spiro atoms. The van der Waals surface area contributed by atoms with E-state index in [2.05, 4.69) is 46.4 Å². The lowest BCUT2D eigenvalue weighted by atomic mass is 10.2. The first kappa shape index (κ1) is 14.1. The standard InChI is InChI=1S/C19H20N2O2/c22-19(16-13-15(16)18-7-3-12-23-18)20-9-4-10-21-11-8-14-5-1-2-6-17(14)21/h1-3,5-8,11-12,15-16H,4,9-10,13H2,(H,20,22). The topological polar surface area (TPSA) is 47.2 Å². The molecule has 2 unspecified atom stereocenters. The summed E-state index contributed by atoms with van der Waals surface area (Å²) in [4.78, 5) is 12.1. The number of aromatic nitrogens is 1. The molecule has 1 saturated carbocycles. The van der Waals surface area contributed by atoms with Crippen LogP contribution in [0, 0.1) is 5.92 Å². The first-order valence-corrected chi connectivity index (χ1v) is 8.18. The van der Waals surface area contributed by atoms with E-state index in [1.807, 2.05) is 12.1 Å². The van der Waals surface area contributed by atoms with Gasteiger partial charge in [-0.3, -0.25) is 4.79 Å². The van der Waals surface area contributed by atoms with Crippen LogP contribution in [-0.2, 0) is 11.3 Å². The lowest BCUT2D eigenvalue weighted by Gasteiger charge is -2.07. The molecule has 2 atom stereocenters. The summed E-state index contributed by atoms with van der Waals surface area (Å²) in [5, 5.41) is 4.31. The first-order valence-electron chi connectivity index (χ1n) is 8.18. The van der Waals surface area contributed by atoms with Crippen LogP contribution in [-0.4, -0.2) is 17.0 Å². The summed E-state index contributed by atoms with van der Waals surface area (Å²) in [5.41, 5.74) is 1.25. The number of furan rings is 1. The van der Waals surface area contributed by atoms with Crippen LogP contribution in [0.4, 0.5) is 0 Å². The van der Waals surface area contributed by atoms with Crippen LogP contribution in [0.15, 0.2) is 59.3 Å². The highest BCUT2D eigenvalue weighted by atomic mass is 16.3. The van der Waals surface area contributed by atoms with Crippen molar-refractivity contribution in [1.29, 1.82) is 0 Å². The third kappa shape index (κ3) is 2.89.